The van der Waals surface area contributed by atoms with Gasteiger partial charge in [-0.1, -0.05) is 18.9 Å². The van der Waals surface area contributed by atoms with Gasteiger partial charge in [0.25, 0.3) is 11.5 Å². The monoisotopic (exact) mass is 804 g/mol. The van der Waals surface area contributed by atoms with E-state index in [2.05, 4.69) is 35.3 Å². The van der Waals surface area contributed by atoms with E-state index in [9.17, 15) is 24.0 Å². The second kappa shape index (κ2) is 15.9. The highest BCUT2D eigenvalue weighted by Gasteiger charge is 2.41. The van der Waals surface area contributed by atoms with Crippen molar-refractivity contribution in [3.63, 3.8) is 0 Å². The van der Waals surface area contributed by atoms with Crippen LogP contribution in [0.2, 0.25) is 0 Å². The summed E-state index contributed by atoms with van der Waals surface area (Å²) in [6.45, 7) is 9.40. The fourth-order valence-electron chi connectivity index (χ4n) is 9.93. The molecule has 15 nitrogen and oxygen atoms in total. The van der Waals surface area contributed by atoms with Crippen molar-refractivity contribution >= 4 is 52.0 Å². The fourth-order valence-corrected chi connectivity index (χ4v) is 9.93. The molecule has 1 saturated carbocycles. The van der Waals surface area contributed by atoms with E-state index in [1.165, 1.54) is 17.9 Å². The van der Waals surface area contributed by atoms with Crippen LogP contribution in [0.4, 0.5) is 21.8 Å². The van der Waals surface area contributed by atoms with E-state index in [1.54, 1.807) is 17.7 Å². The van der Waals surface area contributed by atoms with Gasteiger partial charge in [-0.3, -0.25) is 43.7 Å². The van der Waals surface area contributed by atoms with Crippen molar-refractivity contribution in [1.82, 2.24) is 39.5 Å². The lowest BCUT2D eigenvalue weighted by Gasteiger charge is -2.43. The molecule has 2 N–H and O–H groups in total. The standard InChI is InChI=1S/C43H49FN10O5/c1-25-32-22-46-43(49-39(32)54(30-5-3-4-6-30)42(59)37(25)26(2)55)47-35-9-7-31(21-45-35)52-17-15-51(16-18-52)29-11-13-50(14-12-29)23-27-19-28-24-53(41(58)38(28)33(44)20-27)34-8-10-36(56)48-40(34)57/h7,9,19-22,29-30,34H,3-6,8,10-18,23-24H2,1-2H3,(H,48,56,57)(H,45,46,47,49). The number of carbonyl (C=O) groups excluding carboxylic acids is 4. The number of amides is 3. The molecule has 5 aliphatic rings. The fraction of sp³-hybridized carbons (Fsp3) is 0.488. The average molecular weight is 805 g/mol. The SMILES string of the molecule is CC(=O)c1c(C)c2cnc(Nc3ccc(N4CCN(C5CCN(Cc6cc(F)c7c(c6)CN(C6CCC(=O)NC6=O)C7=O)CC5)CC4)cn3)nc2n(C2CCCC2)c1=O. The number of rotatable bonds is 9. The van der Waals surface area contributed by atoms with Gasteiger partial charge in [0.15, 0.2) is 5.78 Å². The maximum atomic E-state index is 15.3. The first-order chi connectivity index (χ1) is 28.5. The van der Waals surface area contributed by atoms with E-state index in [1.807, 2.05) is 24.4 Å². The number of carbonyl (C=O) groups is 4. The van der Waals surface area contributed by atoms with Crippen LogP contribution in [0.1, 0.15) is 102 Å². The van der Waals surface area contributed by atoms with Gasteiger partial charge >= 0.3 is 0 Å². The predicted octanol–water partition coefficient (Wildman–Crippen LogP) is 4.24. The van der Waals surface area contributed by atoms with E-state index < -0.39 is 23.7 Å². The minimum atomic E-state index is -0.769. The molecule has 4 aliphatic heterocycles. The molecule has 16 heteroatoms. The number of aryl methyl sites for hydroxylation is 1. The van der Waals surface area contributed by atoms with E-state index in [4.69, 9.17) is 4.98 Å². The zero-order valence-electron chi connectivity index (χ0n) is 33.5. The Bertz CT molecular complexity index is 2400. The number of halogens is 1. The number of fused-ring (bicyclic) bond motifs is 2. The first kappa shape index (κ1) is 38.9. The molecule has 1 unspecified atom stereocenters. The Hall–Kier alpha value is -5.61. The average Bonchev–Trinajstić information content (AvgIpc) is 3.87. The molecule has 1 aromatic carbocycles. The lowest BCUT2D eigenvalue weighted by molar-refractivity contribution is -0.136. The molecule has 308 valence electrons. The molecule has 9 rings (SSSR count). The van der Waals surface area contributed by atoms with Crippen LogP contribution in [-0.2, 0) is 22.7 Å². The summed E-state index contributed by atoms with van der Waals surface area (Å²) in [6, 6.07) is 7.02. The van der Waals surface area contributed by atoms with Gasteiger partial charge in [-0.2, -0.15) is 4.98 Å². The number of nitrogens with one attached hydrogen (secondary N) is 2. The van der Waals surface area contributed by atoms with Crippen LogP contribution in [0.3, 0.4) is 0 Å². The van der Waals surface area contributed by atoms with Crippen molar-refractivity contribution in [2.24, 2.45) is 0 Å². The molecule has 0 bridgehead atoms. The van der Waals surface area contributed by atoms with Crippen LogP contribution in [0.5, 0.6) is 0 Å². The molecule has 4 fully saturated rings. The summed E-state index contributed by atoms with van der Waals surface area (Å²) < 4.78 is 17.0. The van der Waals surface area contributed by atoms with Crippen LogP contribution >= 0.6 is 0 Å². The molecular formula is C43H49FN10O5. The number of piperidine rings is 2. The first-order valence-corrected chi connectivity index (χ1v) is 20.9. The number of likely N-dealkylation sites (tertiary alicyclic amines) is 1. The Kier molecular flexibility index (Phi) is 10.5. The third-order valence-electron chi connectivity index (χ3n) is 13.0. The number of imide groups is 1. The van der Waals surface area contributed by atoms with Gasteiger partial charge in [0.05, 0.1) is 23.0 Å². The Labute approximate surface area is 341 Å². The highest BCUT2D eigenvalue weighted by atomic mass is 19.1. The summed E-state index contributed by atoms with van der Waals surface area (Å²) in [5.41, 5.74) is 3.56. The maximum absolute atomic E-state index is 15.3. The van der Waals surface area contributed by atoms with Crippen LogP contribution in [-0.4, -0.2) is 109 Å². The van der Waals surface area contributed by atoms with Gasteiger partial charge in [-0.15, -0.1) is 0 Å². The Balaban J connectivity index is 0.777. The normalized spacial score (nSPS) is 21.1. The summed E-state index contributed by atoms with van der Waals surface area (Å²) in [6.07, 6.45) is 9.81. The van der Waals surface area contributed by atoms with E-state index >= 15 is 4.39 Å². The number of pyridine rings is 2. The summed E-state index contributed by atoms with van der Waals surface area (Å²) in [5, 5.41) is 6.22. The van der Waals surface area contributed by atoms with Crippen molar-refractivity contribution in [1.29, 1.82) is 0 Å². The highest BCUT2D eigenvalue weighted by molar-refractivity contribution is 6.05. The molecule has 3 amide bonds. The Morgan fingerprint density at radius 2 is 1.68 bits per heavy atom. The predicted molar refractivity (Wildman–Crippen MR) is 218 cm³/mol. The number of Topliss-reactive ketones (excluding diaryl/α,β-unsaturated/α-hetero) is 1. The molecule has 1 atom stereocenters. The molecule has 1 aliphatic carbocycles. The smallest absolute Gasteiger partial charge is 0.263 e. The van der Waals surface area contributed by atoms with E-state index in [-0.39, 0.29) is 53.8 Å². The molecular weight excluding hydrogens is 756 g/mol. The third kappa shape index (κ3) is 7.48. The first-order valence-electron chi connectivity index (χ1n) is 20.9. The van der Waals surface area contributed by atoms with Gasteiger partial charge in [0, 0.05) is 69.4 Å². The molecule has 0 radical (unpaired) electrons. The topological polar surface area (TPSA) is 166 Å². The van der Waals surface area contributed by atoms with Gasteiger partial charge in [-0.05, 0) is 93.9 Å². The quantitative estimate of drug-likeness (QED) is 0.183. The number of nitrogens with zero attached hydrogens (tertiary/aromatic N) is 8. The summed E-state index contributed by atoms with van der Waals surface area (Å²) >= 11 is 0. The molecule has 59 heavy (non-hydrogen) atoms. The van der Waals surface area contributed by atoms with Crippen molar-refractivity contribution in [2.75, 3.05) is 49.5 Å². The van der Waals surface area contributed by atoms with Gasteiger partial charge in [0.1, 0.15) is 23.3 Å². The van der Waals surface area contributed by atoms with Crippen LogP contribution in [0.15, 0.2) is 41.5 Å². The van der Waals surface area contributed by atoms with Crippen molar-refractivity contribution in [2.45, 2.75) is 96.4 Å². The summed E-state index contributed by atoms with van der Waals surface area (Å²) in [5.74, 6) is -1.22. The van der Waals surface area contributed by atoms with Gasteiger partial charge < -0.3 is 15.1 Å². The van der Waals surface area contributed by atoms with Gasteiger partial charge in [-0.25, -0.2) is 14.4 Å². The van der Waals surface area contributed by atoms with Crippen molar-refractivity contribution in [3.8, 4) is 0 Å². The number of hydrogen-bond acceptors (Lipinski definition) is 12. The molecule has 3 saturated heterocycles. The molecule has 0 spiro atoms. The lowest BCUT2D eigenvalue weighted by atomic mass is 10.0. The van der Waals surface area contributed by atoms with Gasteiger partial charge in [0.2, 0.25) is 17.8 Å². The number of piperazine rings is 1. The molecule has 3 aromatic heterocycles. The highest BCUT2D eigenvalue weighted by Crippen LogP contribution is 2.33. The third-order valence-corrected chi connectivity index (χ3v) is 13.0. The second-order valence-electron chi connectivity index (χ2n) is 16.7. The number of aromatic nitrogens is 4. The van der Waals surface area contributed by atoms with Crippen LogP contribution in [0.25, 0.3) is 11.0 Å². The minimum absolute atomic E-state index is 0.00409. The number of ketones is 1. The number of anilines is 3. The largest absolute Gasteiger partial charge is 0.368 e. The second-order valence-corrected chi connectivity index (χ2v) is 16.7. The molecule has 4 aromatic rings. The summed E-state index contributed by atoms with van der Waals surface area (Å²) in [7, 11) is 0. The van der Waals surface area contributed by atoms with E-state index in [0.29, 0.717) is 46.5 Å². The zero-order valence-corrected chi connectivity index (χ0v) is 33.5. The number of hydrogen-bond donors (Lipinski definition) is 2. The molecule has 7 heterocycles. The Morgan fingerprint density at radius 1 is 0.915 bits per heavy atom. The zero-order chi connectivity index (χ0) is 40.9. The maximum Gasteiger partial charge on any atom is 0.263 e. The van der Waals surface area contributed by atoms with Crippen molar-refractivity contribution < 1.29 is 23.6 Å². The lowest BCUT2D eigenvalue weighted by Crippen LogP contribution is -2.53. The minimum Gasteiger partial charge on any atom is -0.368 e. The van der Waals surface area contributed by atoms with Crippen molar-refractivity contribution in [3.05, 3.63) is 80.6 Å². The summed E-state index contributed by atoms with van der Waals surface area (Å²) in [4.78, 5) is 85.9. The van der Waals surface area contributed by atoms with Crippen LogP contribution < -0.4 is 21.1 Å². The number of benzene rings is 1. The van der Waals surface area contributed by atoms with Crippen LogP contribution in [0, 0.1) is 12.7 Å². The Morgan fingerprint density at radius 3 is 2.37 bits per heavy atom. The van der Waals surface area contributed by atoms with E-state index in [0.717, 1.165) is 89.0 Å².